The molecule has 0 fully saturated rings. The van der Waals surface area contributed by atoms with E-state index >= 15 is 0 Å². The van der Waals surface area contributed by atoms with Gasteiger partial charge in [0.2, 0.25) is 0 Å². The first-order valence-electron chi connectivity index (χ1n) is 5.63. The Balaban J connectivity index is 2.13. The van der Waals surface area contributed by atoms with E-state index in [0.29, 0.717) is 14.5 Å². The van der Waals surface area contributed by atoms with Crippen molar-refractivity contribution >= 4 is 14.5 Å². The minimum absolute atomic E-state index is 0.465. The SMILES string of the molecule is c1ccc(-c2cc[se]c2-c2ccccc2)cc1. The number of rotatable bonds is 2. The molecule has 1 aromatic heterocycles. The van der Waals surface area contributed by atoms with Gasteiger partial charge in [0, 0.05) is 0 Å². The third kappa shape index (κ3) is 2.12. The molecule has 0 N–H and O–H groups in total. The molecule has 3 aromatic rings. The van der Waals surface area contributed by atoms with E-state index in [4.69, 9.17) is 0 Å². The van der Waals surface area contributed by atoms with Crippen LogP contribution in [0, 0.1) is 0 Å². The Kier molecular flexibility index (Phi) is 2.96. The van der Waals surface area contributed by atoms with E-state index in [9.17, 15) is 0 Å². The van der Waals surface area contributed by atoms with Crippen molar-refractivity contribution in [1.82, 2.24) is 0 Å². The molecule has 0 unspecified atom stereocenters. The zero-order valence-electron chi connectivity index (χ0n) is 9.34. The third-order valence-electron chi connectivity index (χ3n) is 2.79. The Morgan fingerprint density at radius 2 is 1.18 bits per heavy atom. The Labute approximate surface area is 107 Å². The van der Waals surface area contributed by atoms with Gasteiger partial charge in [-0.15, -0.1) is 0 Å². The van der Waals surface area contributed by atoms with E-state index in [1.165, 1.54) is 21.1 Å². The van der Waals surface area contributed by atoms with Gasteiger partial charge in [-0.05, 0) is 0 Å². The molecule has 0 radical (unpaired) electrons. The molecule has 1 heterocycles. The summed E-state index contributed by atoms with van der Waals surface area (Å²) >= 11 is 0.465. The fraction of sp³-hybridized carbons (Fsp3) is 0. The molecule has 0 amide bonds. The van der Waals surface area contributed by atoms with Gasteiger partial charge >= 0.3 is 107 Å². The average Bonchev–Trinajstić information content (AvgIpc) is 2.90. The average molecular weight is 283 g/mol. The molecular formula is C16H12Se. The van der Waals surface area contributed by atoms with Crippen LogP contribution in [0.25, 0.3) is 21.1 Å². The van der Waals surface area contributed by atoms with Crippen molar-refractivity contribution in [2.75, 3.05) is 0 Å². The van der Waals surface area contributed by atoms with Crippen LogP contribution in [0.2, 0.25) is 0 Å². The molecule has 0 saturated heterocycles. The van der Waals surface area contributed by atoms with Gasteiger partial charge in [0.1, 0.15) is 0 Å². The second-order valence-corrected chi connectivity index (χ2v) is 5.82. The minimum atomic E-state index is 0.465. The quantitative estimate of drug-likeness (QED) is 0.622. The van der Waals surface area contributed by atoms with Crippen LogP contribution in [0.4, 0.5) is 0 Å². The van der Waals surface area contributed by atoms with Crippen LogP contribution in [0.15, 0.2) is 71.7 Å². The molecule has 0 aliphatic rings. The van der Waals surface area contributed by atoms with Crippen molar-refractivity contribution in [3.63, 3.8) is 0 Å². The summed E-state index contributed by atoms with van der Waals surface area (Å²) in [6.45, 7) is 0. The molecule has 0 spiro atoms. The van der Waals surface area contributed by atoms with Crippen LogP contribution in [0.5, 0.6) is 0 Å². The van der Waals surface area contributed by atoms with E-state index in [-0.39, 0.29) is 0 Å². The number of hydrogen-bond acceptors (Lipinski definition) is 0. The summed E-state index contributed by atoms with van der Waals surface area (Å²) in [6, 6.07) is 23.6. The van der Waals surface area contributed by atoms with E-state index < -0.39 is 0 Å². The molecule has 2 aromatic carbocycles. The molecule has 0 atom stereocenters. The zero-order valence-corrected chi connectivity index (χ0v) is 11.0. The second kappa shape index (κ2) is 4.75. The fourth-order valence-electron chi connectivity index (χ4n) is 1.97. The third-order valence-corrected chi connectivity index (χ3v) is 4.81. The molecule has 0 nitrogen and oxygen atoms in total. The zero-order chi connectivity index (χ0) is 11.5. The summed E-state index contributed by atoms with van der Waals surface area (Å²) in [5.74, 6) is 0. The van der Waals surface area contributed by atoms with Crippen molar-refractivity contribution in [3.8, 4) is 21.1 Å². The van der Waals surface area contributed by atoms with Gasteiger partial charge in [-0.25, -0.2) is 0 Å². The normalized spacial score (nSPS) is 10.4. The van der Waals surface area contributed by atoms with Gasteiger partial charge in [-0.3, -0.25) is 0 Å². The Hall–Kier alpha value is -1.56. The number of hydrogen-bond donors (Lipinski definition) is 0. The van der Waals surface area contributed by atoms with E-state index in [1.54, 1.807) is 0 Å². The summed E-state index contributed by atoms with van der Waals surface area (Å²) in [5, 5.41) is 0. The van der Waals surface area contributed by atoms with Crippen LogP contribution in [0.1, 0.15) is 0 Å². The van der Waals surface area contributed by atoms with Crippen LogP contribution in [0.3, 0.4) is 0 Å². The number of benzene rings is 2. The predicted octanol–water partition coefficient (Wildman–Crippen LogP) is 4.08. The molecular weight excluding hydrogens is 271 g/mol. The van der Waals surface area contributed by atoms with Gasteiger partial charge in [-0.1, -0.05) is 0 Å². The van der Waals surface area contributed by atoms with Crippen LogP contribution < -0.4 is 0 Å². The van der Waals surface area contributed by atoms with Crippen LogP contribution >= 0.6 is 0 Å². The molecule has 82 valence electrons. The summed E-state index contributed by atoms with van der Waals surface area (Å²) < 4.78 is 1.49. The molecule has 0 saturated carbocycles. The van der Waals surface area contributed by atoms with E-state index in [1.807, 2.05) is 0 Å². The summed E-state index contributed by atoms with van der Waals surface area (Å²) in [4.78, 5) is 2.30. The molecule has 0 aliphatic carbocycles. The molecule has 1 heteroatoms. The standard InChI is InChI=1S/C16H12Se/c1-3-7-13(8-4-1)15-11-12-17-16(15)14-9-5-2-6-10-14/h1-12H. The van der Waals surface area contributed by atoms with Gasteiger partial charge in [0.05, 0.1) is 0 Å². The maximum atomic E-state index is 2.30. The Morgan fingerprint density at radius 1 is 0.588 bits per heavy atom. The van der Waals surface area contributed by atoms with Crippen molar-refractivity contribution in [2.45, 2.75) is 0 Å². The van der Waals surface area contributed by atoms with E-state index in [2.05, 4.69) is 71.7 Å². The first-order valence-corrected chi connectivity index (χ1v) is 7.48. The van der Waals surface area contributed by atoms with Gasteiger partial charge in [-0.2, -0.15) is 0 Å². The van der Waals surface area contributed by atoms with Crippen molar-refractivity contribution < 1.29 is 0 Å². The van der Waals surface area contributed by atoms with Crippen LogP contribution in [-0.4, -0.2) is 14.5 Å². The Morgan fingerprint density at radius 3 is 1.82 bits per heavy atom. The van der Waals surface area contributed by atoms with Gasteiger partial charge in [0.25, 0.3) is 0 Å². The molecule has 0 aliphatic heterocycles. The second-order valence-electron chi connectivity index (χ2n) is 3.90. The fourth-order valence-corrected chi connectivity index (χ4v) is 3.91. The summed E-state index contributed by atoms with van der Waals surface area (Å²) in [7, 11) is 0. The first kappa shape index (κ1) is 10.6. The van der Waals surface area contributed by atoms with Crippen molar-refractivity contribution in [1.29, 1.82) is 0 Å². The van der Waals surface area contributed by atoms with Gasteiger partial charge < -0.3 is 0 Å². The van der Waals surface area contributed by atoms with Gasteiger partial charge in [0.15, 0.2) is 0 Å². The van der Waals surface area contributed by atoms with Crippen molar-refractivity contribution in [2.24, 2.45) is 0 Å². The first-order chi connectivity index (χ1) is 8.45. The summed E-state index contributed by atoms with van der Waals surface area (Å²) in [6.07, 6.45) is 0. The molecule has 3 rings (SSSR count). The maximum absolute atomic E-state index is 2.30. The summed E-state index contributed by atoms with van der Waals surface area (Å²) in [5.41, 5.74) is 4.06. The monoisotopic (exact) mass is 284 g/mol. The van der Waals surface area contributed by atoms with Crippen LogP contribution in [-0.2, 0) is 0 Å². The van der Waals surface area contributed by atoms with E-state index in [0.717, 1.165) is 0 Å². The Bertz CT molecular complexity index is 540. The van der Waals surface area contributed by atoms with Crippen molar-refractivity contribution in [3.05, 3.63) is 71.7 Å². The molecule has 17 heavy (non-hydrogen) atoms. The molecule has 0 bridgehead atoms. The topological polar surface area (TPSA) is 0 Å². The predicted molar refractivity (Wildman–Crippen MR) is 74.3 cm³/mol.